The van der Waals surface area contributed by atoms with Crippen LogP contribution >= 0.6 is 11.6 Å². The first-order valence-electron chi connectivity index (χ1n) is 22.4. The van der Waals surface area contributed by atoms with Crippen LogP contribution in [0.25, 0.3) is 0 Å². The lowest BCUT2D eigenvalue weighted by atomic mass is 9.91. The number of aliphatic hydroxyl groups is 1. The van der Waals surface area contributed by atoms with Crippen LogP contribution in [0.5, 0.6) is 5.75 Å². The first-order chi connectivity index (χ1) is 33.0. The molecule has 6 amide bonds. The van der Waals surface area contributed by atoms with Crippen LogP contribution in [0.15, 0.2) is 23.2 Å². The third-order valence-corrected chi connectivity index (χ3v) is 13.2. The summed E-state index contributed by atoms with van der Waals surface area (Å²) in [4.78, 5) is 107. The SMILES string of the molecule is CCC(C)C1NC(=O)C(Cc2ccc(OC)c(Cl)c2)N(C)C(=O)C(C(C)CC)N2C(=O)C(CCC2O)NC(=O)C(CCCN=C(N)N)NC(=O)C(NC(=O)C(COS(=O)(=O)O)OS(=O)(=O)O)C(C)OC1=O. The highest BCUT2D eigenvalue weighted by atomic mass is 35.5. The maximum absolute atomic E-state index is 15.0. The number of hydrogen-bond acceptors (Lipinski definition) is 17. The highest BCUT2D eigenvalue weighted by Crippen LogP contribution is 2.29. The van der Waals surface area contributed by atoms with Gasteiger partial charge in [0.1, 0.15) is 60.9 Å². The van der Waals surface area contributed by atoms with Gasteiger partial charge in [0.25, 0.3) is 5.91 Å². The predicted molar refractivity (Wildman–Crippen MR) is 250 cm³/mol. The molecule has 2 saturated heterocycles. The van der Waals surface area contributed by atoms with Gasteiger partial charge >= 0.3 is 26.8 Å². The van der Waals surface area contributed by atoms with Gasteiger partial charge in [-0.2, -0.15) is 16.8 Å². The van der Waals surface area contributed by atoms with Crippen molar-refractivity contribution in [3.8, 4) is 5.75 Å². The van der Waals surface area contributed by atoms with Crippen molar-refractivity contribution in [2.75, 3.05) is 27.3 Å². The molecule has 0 aromatic heterocycles. The number of rotatable bonds is 18. The number of methoxy groups -OCH3 is 1. The summed E-state index contributed by atoms with van der Waals surface area (Å²) in [6, 6.07) is -5.13. The van der Waals surface area contributed by atoms with Crippen molar-refractivity contribution in [2.45, 2.75) is 134 Å². The second-order valence-corrected chi connectivity index (χ2v) is 19.6. The molecule has 11 N–H and O–H groups in total. The Morgan fingerprint density at radius 3 is 2.17 bits per heavy atom. The van der Waals surface area contributed by atoms with E-state index in [1.165, 1.54) is 26.3 Å². The number of carbonyl (C=O) groups excluding carboxylic acids is 7. The van der Waals surface area contributed by atoms with Gasteiger partial charge in [-0.3, -0.25) is 42.9 Å². The summed E-state index contributed by atoms with van der Waals surface area (Å²) in [5, 5.41) is 21.2. The molecule has 71 heavy (non-hydrogen) atoms. The normalized spacial score (nSPS) is 25.7. The molecule has 30 heteroatoms. The summed E-state index contributed by atoms with van der Waals surface area (Å²) >= 11 is 6.45. The number of hydrogen-bond donors (Lipinski definition) is 9. The quantitative estimate of drug-likeness (QED) is 0.0254. The van der Waals surface area contributed by atoms with Gasteiger partial charge in [0.15, 0.2) is 12.1 Å². The lowest BCUT2D eigenvalue weighted by Gasteiger charge is -2.44. The minimum absolute atomic E-state index is 0.0182. The number of amides is 6. The van der Waals surface area contributed by atoms with Crippen LogP contribution in [-0.4, -0.2) is 170 Å². The fraction of sp³-hybridized carbons (Fsp3) is 0.659. The summed E-state index contributed by atoms with van der Waals surface area (Å²) in [5.74, 6) is -9.37. The predicted octanol–water partition coefficient (Wildman–Crippen LogP) is -1.93. The van der Waals surface area contributed by atoms with Crippen molar-refractivity contribution in [3.05, 3.63) is 28.8 Å². The second-order valence-electron chi connectivity index (χ2n) is 17.1. The van der Waals surface area contributed by atoms with E-state index >= 15 is 0 Å². The van der Waals surface area contributed by atoms with Crippen LogP contribution in [-0.2, 0) is 73.9 Å². The Balaban J connectivity index is 2.32. The standard InChI is InChI=1S/C41H64ClN9O18S2/c1-8-20(3)31-40(59)68-22(5)32(49-36(55)29(69-71(63,64)65)19-67-70(60,61)62)37(56)46-25(11-10-16-45-41(43)44)34(53)47-26-13-15-30(52)51(38(26)57)33(21(4)9-2)39(58)50(6)27(35(54)48-31)18-23-12-14-28(66-7)24(42)17-23/h12,14,17,20-22,25-27,29-33,52H,8-11,13,15-16,18-19H2,1-7H3,(H,46,56)(H,47,53)(H,48,54)(H,49,55)(H4,43,44,45)(H,60,61,62)(H,63,64,65). The van der Waals surface area contributed by atoms with E-state index in [0.717, 1.165) is 16.7 Å². The molecule has 2 aliphatic rings. The highest BCUT2D eigenvalue weighted by molar-refractivity contribution is 7.81. The minimum atomic E-state index is -5.60. The van der Waals surface area contributed by atoms with E-state index in [1.54, 1.807) is 33.8 Å². The van der Waals surface area contributed by atoms with Crippen molar-refractivity contribution in [1.29, 1.82) is 0 Å². The van der Waals surface area contributed by atoms with Crippen LogP contribution in [0, 0.1) is 11.8 Å². The smallest absolute Gasteiger partial charge is 0.398 e. The number of guanidine groups is 1. The Labute approximate surface area is 416 Å². The number of carbonyl (C=O) groups is 7. The summed E-state index contributed by atoms with van der Waals surface area (Å²) in [7, 11) is -8.30. The second kappa shape index (κ2) is 26.3. The Bertz CT molecular complexity index is 2360. The maximum Gasteiger partial charge on any atom is 0.398 e. The Morgan fingerprint density at radius 1 is 0.958 bits per heavy atom. The number of fused-ring (bicyclic) bond motifs is 2. The Hall–Kier alpha value is -5.43. The van der Waals surface area contributed by atoms with Crippen LogP contribution in [0.1, 0.15) is 78.7 Å². The van der Waals surface area contributed by atoms with E-state index < -0.39 is 135 Å². The molecule has 400 valence electrons. The number of aliphatic imine (C=N–C) groups is 1. The first kappa shape index (κ1) is 59.9. The molecule has 27 nitrogen and oxygen atoms in total. The molecule has 0 saturated carbocycles. The molecule has 3 rings (SSSR count). The van der Waals surface area contributed by atoms with Crippen molar-refractivity contribution in [3.63, 3.8) is 0 Å². The van der Waals surface area contributed by atoms with E-state index in [2.05, 4.69) is 29.3 Å². The zero-order valence-corrected chi connectivity index (χ0v) is 42.5. The number of likely N-dealkylation sites (N-methyl/N-ethyl adjacent to an activating group) is 1. The van der Waals surface area contributed by atoms with Gasteiger partial charge in [0.05, 0.1) is 12.1 Å². The number of aliphatic hydroxyl groups excluding tert-OH is 1. The largest absolute Gasteiger partial charge is 0.495 e. The first-order valence-corrected chi connectivity index (χ1v) is 25.5. The van der Waals surface area contributed by atoms with Gasteiger partial charge in [-0.1, -0.05) is 58.2 Å². The highest BCUT2D eigenvalue weighted by Gasteiger charge is 2.47. The van der Waals surface area contributed by atoms with E-state index in [4.69, 9.17) is 37.1 Å². The van der Waals surface area contributed by atoms with Crippen molar-refractivity contribution < 1.29 is 82.4 Å². The number of halogens is 1. The lowest BCUT2D eigenvalue weighted by Crippen LogP contribution is -2.66. The summed E-state index contributed by atoms with van der Waals surface area (Å²) in [6.07, 6.45) is -6.45. The van der Waals surface area contributed by atoms with E-state index in [0.29, 0.717) is 11.3 Å². The monoisotopic (exact) mass is 1070 g/mol. The Morgan fingerprint density at radius 2 is 1.61 bits per heavy atom. The molecule has 1 aromatic rings. The topological polar surface area (TPSA) is 404 Å². The van der Waals surface area contributed by atoms with E-state index in [9.17, 15) is 60.1 Å². The van der Waals surface area contributed by atoms with Gasteiger partial charge in [-0.15, -0.1) is 0 Å². The van der Waals surface area contributed by atoms with Crippen LogP contribution in [0.4, 0.5) is 0 Å². The Kier molecular flexibility index (Phi) is 22.2. The molecule has 1 aromatic carbocycles. The summed E-state index contributed by atoms with van der Waals surface area (Å²) < 4.78 is 84.0. The van der Waals surface area contributed by atoms with Crippen LogP contribution < -0.4 is 37.5 Å². The molecule has 2 fully saturated rings. The van der Waals surface area contributed by atoms with Gasteiger partial charge in [-0.05, 0) is 62.1 Å². The van der Waals surface area contributed by atoms with Crippen LogP contribution in [0.2, 0.25) is 5.02 Å². The minimum Gasteiger partial charge on any atom is -0.495 e. The molecular formula is C41H64ClN9O18S2. The molecule has 11 unspecified atom stereocenters. The lowest BCUT2D eigenvalue weighted by molar-refractivity contribution is -0.168. The molecule has 2 aliphatic heterocycles. The average Bonchev–Trinajstić information content (AvgIpc) is 3.28. The van der Waals surface area contributed by atoms with E-state index in [1.807, 2.05) is 5.32 Å². The number of piperidine rings is 1. The fourth-order valence-electron chi connectivity index (χ4n) is 7.68. The number of ether oxygens (including phenoxy) is 2. The average molecular weight is 1070 g/mol. The number of benzene rings is 1. The summed E-state index contributed by atoms with van der Waals surface area (Å²) in [6.45, 7) is 5.98. The van der Waals surface area contributed by atoms with Gasteiger partial charge in [-0.25, -0.2) is 13.2 Å². The summed E-state index contributed by atoms with van der Waals surface area (Å²) in [5.41, 5.74) is 11.3. The number of esters is 1. The number of nitrogens with one attached hydrogen (secondary N) is 4. The van der Waals surface area contributed by atoms with Crippen molar-refractivity contribution in [1.82, 2.24) is 31.1 Å². The van der Waals surface area contributed by atoms with Gasteiger partial charge in [0.2, 0.25) is 29.5 Å². The molecule has 0 radical (unpaired) electrons. The third kappa shape index (κ3) is 17.4. The number of nitrogens with zero attached hydrogens (tertiary/aromatic N) is 3. The molecule has 0 aliphatic carbocycles. The molecule has 11 atom stereocenters. The molecular weight excluding hydrogens is 1010 g/mol. The van der Waals surface area contributed by atoms with Crippen molar-refractivity contribution >= 4 is 79.8 Å². The molecule has 2 bridgehead atoms. The van der Waals surface area contributed by atoms with Gasteiger partial charge < -0.3 is 57.1 Å². The zero-order chi connectivity index (χ0) is 53.7. The number of nitrogens with two attached hydrogens (primary N) is 2. The van der Waals surface area contributed by atoms with Crippen molar-refractivity contribution in [2.24, 2.45) is 28.3 Å². The fourth-order valence-corrected chi connectivity index (χ4v) is 8.69. The van der Waals surface area contributed by atoms with E-state index in [-0.39, 0.29) is 62.5 Å². The van der Waals surface area contributed by atoms with Crippen LogP contribution in [0.3, 0.4) is 0 Å². The maximum atomic E-state index is 15.0. The number of cyclic esters (lactones) is 1. The molecule has 2 heterocycles. The third-order valence-electron chi connectivity index (χ3n) is 12.0. The molecule has 0 spiro atoms. The van der Waals surface area contributed by atoms with Gasteiger partial charge in [0, 0.05) is 20.0 Å². The zero-order valence-electron chi connectivity index (χ0n) is 40.1.